The molecule has 23 heavy (non-hydrogen) atoms. The molecule has 0 spiro atoms. The van der Waals surface area contributed by atoms with Gasteiger partial charge in [-0.3, -0.25) is 4.68 Å². The maximum Gasteiger partial charge on any atom is 0.244 e. The summed E-state index contributed by atoms with van der Waals surface area (Å²) in [5, 5.41) is 4.14. The van der Waals surface area contributed by atoms with Gasteiger partial charge in [0.15, 0.2) is 0 Å². The molecule has 1 heterocycles. The number of nitrogens with zero attached hydrogens (tertiary/aromatic N) is 2. The topological polar surface area (TPSA) is 82.5 Å². The fourth-order valence-corrected chi connectivity index (χ4v) is 3.67. The number of rotatable bonds is 6. The number of aryl methyl sites for hydroxylation is 1. The molecular formula is C15H21N3O4S. The van der Waals surface area contributed by atoms with Crippen LogP contribution >= 0.6 is 0 Å². The van der Waals surface area contributed by atoms with E-state index < -0.39 is 16.1 Å². The van der Waals surface area contributed by atoms with E-state index in [2.05, 4.69) is 9.82 Å². The lowest BCUT2D eigenvalue weighted by atomic mass is 10.1. The van der Waals surface area contributed by atoms with E-state index in [0.29, 0.717) is 5.75 Å². The first kappa shape index (κ1) is 17.3. The van der Waals surface area contributed by atoms with E-state index in [9.17, 15) is 8.42 Å². The quantitative estimate of drug-likeness (QED) is 0.867. The van der Waals surface area contributed by atoms with E-state index in [4.69, 9.17) is 9.47 Å². The summed E-state index contributed by atoms with van der Waals surface area (Å²) < 4.78 is 39.9. The average molecular weight is 339 g/mol. The van der Waals surface area contributed by atoms with Crippen LogP contribution in [0.1, 0.15) is 24.2 Å². The molecule has 0 radical (unpaired) electrons. The van der Waals surface area contributed by atoms with E-state index in [1.165, 1.54) is 26.4 Å². The second-order valence-electron chi connectivity index (χ2n) is 5.17. The zero-order valence-electron chi connectivity index (χ0n) is 13.8. The fraction of sp³-hybridized carbons (Fsp3) is 0.400. The Morgan fingerprint density at radius 2 is 1.96 bits per heavy atom. The average Bonchev–Trinajstić information content (AvgIpc) is 2.85. The van der Waals surface area contributed by atoms with E-state index in [0.717, 1.165) is 11.3 Å². The Balaban J connectivity index is 2.33. The lowest BCUT2D eigenvalue weighted by molar-refractivity contribution is 0.385. The normalized spacial score (nSPS) is 12.9. The summed E-state index contributed by atoms with van der Waals surface area (Å²) in [5.74, 6) is 0.754. The minimum atomic E-state index is -3.75. The predicted octanol–water partition coefficient (Wildman–Crippen LogP) is 1.79. The van der Waals surface area contributed by atoms with Gasteiger partial charge in [-0.1, -0.05) is 0 Å². The predicted molar refractivity (Wildman–Crippen MR) is 86.2 cm³/mol. The molecule has 1 aromatic carbocycles. The Hall–Kier alpha value is -2.06. The van der Waals surface area contributed by atoms with E-state index >= 15 is 0 Å². The van der Waals surface area contributed by atoms with Crippen molar-refractivity contribution >= 4 is 10.0 Å². The summed E-state index contributed by atoms with van der Waals surface area (Å²) in [6, 6.07) is 4.16. The number of hydrogen-bond donors (Lipinski definition) is 1. The monoisotopic (exact) mass is 339 g/mol. The van der Waals surface area contributed by atoms with Crippen LogP contribution in [0.15, 0.2) is 29.3 Å². The smallest absolute Gasteiger partial charge is 0.244 e. The number of nitrogens with one attached hydrogen (secondary N) is 1. The highest BCUT2D eigenvalue weighted by molar-refractivity contribution is 7.89. The molecule has 0 saturated heterocycles. The molecule has 2 rings (SSSR count). The maximum atomic E-state index is 12.7. The van der Waals surface area contributed by atoms with Gasteiger partial charge in [0.05, 0.1) is 20.4 Å². The molecule has 0 aliphatic carbocycles. The minimum absolute atomic E-state index is 0.0641. The van der Waals surface area contributed by atoms with Crippen molar-refractivity contribution in [3.05, 3.63) is 35.7 Å². The third kappa shape index (κ3) is 3.48. The molecule has 0 aliphatic heterocycles. The molecular weight excluding hydrogens is 318 g/mol. The molecule has 1 aromatic heterocycles. The van der Waals surface area contributed by atoms with Gasteiger partial charge in [0.1, 0.15) is 16.4 Å². The third-order valence-electron chi connectivity index (χ3n) is 3.73. The zero-order chi connectivity index (χ0) is 17.2. The molecule has 126 valence electrons. The number of ether oxygens (including phenoxy) is 2. The largest absolute Gasteiger partial charge is 0.497 e. The molecule has 1 unspecified atom stereocenters. The molecule has 0 amide bonds. The molecule has 7 nitrogen and oxygen atoms in total. The fourth-order valence-electron chi connectivity index (χ4n) is 2.30. The van der Waals surface area contributed by atoms with Crippen LogP contribution < -0.4 is 14.2 Å². The lowest BCUT2D eigenvalue weighted by Gasteiger charge is -2.16. The molecule has 1 N–H and O–H groups in total. The van der Waals surface area contributed by atoms with Crippen molar-refractivity contribution in [2.45, 2.75) is 24.8 Å². The summed E-state index contributed by atoms with van der Waals surface area (Å²) in [6.07, 6.45) is 1.66. The summed E-state index contributed by atoms with van der Waals surface area (Å²) >= 11 is 0. The third-order valence-corrected chi connectivity index (χ3v) is 5.31. The number of sulfonamides is 1. The Labute approximate surface area is 136 Å². The second-order valence-corrected chi connectivity index (χ2v) is 6.85. The summed E-state index contributed by atoms with van der Waals surface area (Å²) in [4.78, 5) is 0.0641. The van der Waals surface area contributed by atoms with E-state index in [1.54, 1.807) is 23.9 Å². The summed E-state index contributed by atoms with van der Waals surface area (Å²) in [5.41, 5.74) is 1.73. The van der Waals surface area contributed by atoms with Crippen LogP contribution in [0.5, 0.6) is 11.5 Å². The van der Waals surface area contributed by atoms with Crippen LogP contribution in [-0.4, -0.2) is 32.4 Å². The molecule has 2 aromatic rings. The van der Waals surface area contributed by atoms with E-state index in [1.807, 2.05) is 14.0 Å². The van der Waals surface area contributed by atoms with E-state index in [-0.39, 0.29) is 10.6 Å². The standard InChI is InChI=1S/C15H21N3O4S/c1-10(13-9-16-18(3)11(13)2)17-23(19,20)15-7-6-12(21-4)8-14(15)22-5/h6-10,17H,1-5H3. The highest BCUT2D eigenvalue weighted by atomic mass is 32.2. The Morgan fingerprint density at radius 3 is 2.48 bits per heavy atom. The van der Waals surface area contributed by atoms with Gasteiger partial charge in [-0.2, -0.15) is 5.10 Å². The van der Waals surface area contributed by atoms with Gasteiger partial charge in [0.2, 0.25) is 10.0 Å². The Bertz CT molecular complexity index is 799. The van der Waals surface area contributed by atoms with Crippen molar-refractivity contribution in [2.75, 3.05) is 14.2 Å². The van der Waals surface area contributed by atoms with Gasteiger partial charge in [-0.15, -0.1) is 0 Å². The van der Waals surface area contributed by atoms with Crippen LogP contribution in [0, 0.1) is 6.92 Å². The van der Waals surface area contributed by atoms with Crippen LogP contribution in [-0.2, 0) is 17.1 Å². The van der Waals surface area contributed by atoms with Crippen molar-refractivity contribution in [1.82, 2.24) is 14.5 Å². The molecule has 0 fully saturated rings. The van der Waals surface area contributed by atoms with Crippen LogP contribution in [0.4, 0.5) is 0 Å². The van der Waals surface area contributed by atoms with Crippen molar-refractivity contribution in [2.24, 2.45) is 7.05 Å². The summed E-state index contributed by atoms with van der Waals surface area (Å²) in [7, 11) is 0.989. The van der Waals surface area contributed by atoms with Gasteiger partial charge in [-0.05, 0) is 26.0 Å². The van der Waals surface area contributed by atoms with Crippen molar-refractivity contribution < 1.29 is 17.9 Å². The first-order chi connectivity index (χ1) is 10.8. The van der Waals surface area contributed by atoms with Crippen molar-refractivity contribution in [3.8, 4) is 11.5 Å². The molecule has 8 heteroatoms. The molecule has 1 atom stereocenters. The van der Waals surface area contributed by atoms with Crippen LogP contribution in [0.25, 0.3) is 0 Å². The van der Waals surface area contributed by atoms with Crippen molar-refractivity contribution in [1.29, 1.82) is 0 Å². The molecule has 0 aliphatic rings. The van der Waals surface area contributed by atoms with Gasteiger partial charge < -0.3 is 9.47 Å². The maximum absolute atomic E-state index is 12.7. The highest BCUT2D eigenvalue weighted by Gasteiger charge is 2.24. The highest BCUT2D eigenvalue weighted by Crippen LogP contribution is 2.29. The molecule has 0 saturated carbocycles. The SMILES string of the molecule is COc1ccc(S(=O)(=O)NC(C)c2cnn(C)c2C)c(OC)c1. The van der Waals surface area contributed by atoms with Crippen LogP contribution in [0.3, 0.4) is 0 Å². The zero-order valence-corrected chi connectivity index (χ0v) is 14.6. The number of benzene rings is 1. The van der Waals surface area contributed by atoms with Gasteiger partial charge >= 0.3 is 0 Å². The van der Waals surface area contributed by atoms with Gasteiger partial charge in [-0.25, -0.2) is 13.1 Å². The lowest BCUT2D eigenvalue weighted by Crippen LogP contribution is -2.27. The number of aromatic nitrogens is 2. The molecule has 0 bridgehead atoms. The second kappa shape index (κ2) is 6.59. The number of hydrogen-bond acceptors (Lipinski definition) is 5. The Morgan fingerprint density at radius 1 is 1.26 bits per heavy atom. The van der Waals surface area contributed by atoms with Crippen LogP contribution in [0.2, 0.25) is 0 Å². The first-order valence-corrected chi connectivity index (χ1v) is 8.51. The number of methoxy groups -OCH3 is 2. The summed E-state index contributed by atoms with van der Waals surface area (Å²) in [6.45, 7) is 3.67. The van der Waals surface area contributed by atoms with Crippen molar-refractivity contribution in [3.63, 3.8) is 0 Å². The minimum Gasteiger partial charge on any atom is -0.497 e. The van der Waals surface area contributed by atoms with Gasteiger partial charge in [0, 0.05) is 30.4 Å². The van der Waals surface area contributed by atoms with Gasteiger partial charge in [0.25, 0.3) is 0 Å². The first-order valence-electron chi connectivity index (χ1n) is 7.03. The Kier molecular flexibility index (Phi) is 4.96.